The van der Waals surface area contributed by atoms with Gasteiger partial charge >= 0.3 is 11.9 Å². The van der Waals surface area contributed by atoms with E-state index in [1.165, 1.54) is 0 Å². The first kappa shape index (κ1) is 20.3. The maximum atomic E-state index is 12.2. The van der Waals surface area contributed by atoms with Crippen LogP contribution in [-0.2, 0) is 9.53 Å². The molecule has 3 aromatic rings. The molecule has 7 heteroatoms. The fourth-order valence-corrected chi connectivity index (χ4v) is 3.28. The molecule has 0 atom stereocenters. The molecule has 0 saturated heterocycles. The van der Waals surface area contributed by atoms with Crippen molar-refractivity contribution in [2.45, 2.75) is 0 Å². The Kier molecular flexibility index (Phi) is 5.96. The van der Waals surface area contributed by atoms with Gasteiger partial charge < -0.3 is 9.47 Å². The second kappa shape index (κ2) is 8.81. The van der Waals surface area contributed by atoms with Crippen molar-refractivity contribution < 1.29 is 19.1 Å². The van der Waals surface area contributed by atoms with Gasteiger partial charge in [0.05, 0.1) is 10.6 Å². The first-order chi connectivity index (χ1) is 14.5. The van der Waals surface area contributed by atoms with E-state index in [0.717, 1.165) is 9.13 Å². The fraction of sp³-hybridized carbons (Fsp3) is 0. The summed E-state index contributed by atoms with van der Waals surface area (Å²) >= 11 is 8.22. The summed E-state index contributed by atoms with van der Waals surface area (Å²) in [4.78, 5) is 28.7. The van der Waals surface area contributed by atoms with E-state index in [-0.39, 0.29) is 17.2 Å². The van der Waals surface area contributed by atoms with Crippen molar-refractivity contribution >= 4 is 58.1 Å². The summed E-state index contributed by atoms with van der Waals surface area (Å²) in [5.74, 6) is -0.428. The molecule has 5 nitrogen and oxygen atoms in total. The average Bonchev–Trinajstić information content (AvgIpc) is 3.10. The molecule has 0 aliphatic carbocycles. The molecule has 0 amide bonds. The van der Waals surface area contributed by atoms with Gasteiger partial charge in [-0.1, -0.05) is 35.9 Å². The van der Waals surface area contributed by atoms with Gasteiger partial charge in [-0.15, -0.1) is 0 Å². The molecule has 4 rings (SSSR count). The molecule has 0 radical (unpaired) electrons. The highest BCUT2D eigenvalue weighted by atomic mass is 127. The fourth-order valence-electron chi connectivity index (χ4n) is 2.70. The molecular weight excluding hydrogens is 517 g/mol. The Hall–Kier alpha value is -2.97. The molecule has 148 valence electrons. The van der Waals surface area contributed by atoms with Gasteiger partial charge in [-0.25, -0.2) is 14.6 Å². The van der Waals surface area contributed by atoms with E-state index in [0.29, 0.717) is 16.3 Å². The van der Waals surface area contributed by atoms with Crippen LogP contribution in [0.4, 0.5) is 0 Å². The molecule has 3 aromatic carbocycles. The van der Waals surface area contributed by atoms with Gasteiger partial charge in [-0.05, 0) is 82.8 Å². The smallest absolute Gasteiger partial charge is 0.363 e. The number of benzene rings is 3. The number of rotatable bonds is 4. The summed E-state index contributed by atoms with van der Waals surface area (Å²) in [6, 6.07) is 20.9. The second-order valence-corrected chi connectivity index (χ2v) is 7.93. The molecule has 30 heavy (non-hydrogen) atoms. The van der Waals surface area contributed by atoms with Crippen molar-refractivity contribution in [1.82, 2.24) is 0 Å². The van der Waals surface area contributed by atoms with Crippen LogP contribution in [0.2, 0.25) is 5.02 Å². The lowest BCUT2D eigenvalue weighted by Crippen LogP contribution is -2.08. The zero-order valence-electron chi connectivity index (χ0n) is 15.3. The molecule has 1 heterocycles. The van der Waals surface area contributed by atoms with Crippen LogP contribution >= 0.6 is 34.2 Å². The Morgan fingerprint density at radius 1 is 1.00 bits per heavy atom. The lowest BCUT2D eigenvalue weighted by atomic mass is 10.2. The molecule has 0 bridgehead atoms. The number of hydrogen-bond acceptors (Lipinski definition) is 5. The summed E-state index contributed by atoms with van der Waals surface area (Å²) in [6.07, 6.45) is 1.61. The topological polar surface area (TPSA) is 65.0 Å². The quantitative estimate of drug-likeness (QED) is 0.194. The predicted octanol–water partition coefficient (Wildman–Crippen LogP) is 5.51. The van der Waals surface area contributed by atoms with Crippen molar-refractivity contribution in [3.05, 3.63) is 104 Å². The van der Waals surface area contributed by atoms with Crippen LogP contribution in [-0.4, -0.2) is 17.8 Å². The number of cyclic esters (lactones) is 1. The maximum Gasteiger partial charge on any atom is 0.363 e. The maximum absolute atomic E-state index is 12.2. The van der Waals surface area contributed by atoms with Crippen LogP contribution in [0, 0.1) is 3.57 Å². The molecule has 0 N–H and O–H groups in total. The Morgan fingerprint density at radius 2 is 1.70 bits per heavy atom. The molecule has 0 aromatic heterocycles. The van der Waals surface area contributed by atoms with Gasteiger partial charge in [-0.2, -0.15) is 0 Å². The highest BCUT2D eigenvalue weighted by molar-refractivity contribution is 14.1. The minimum atomic E-state index is -0.544. The minimum absolute atomic E-state index is 0.198. The number of carbonyl (C=O) groups excluding carboxylic acids is 2. The summed E-state index contributed by atoms with van der Waals surface area (Å²) < 4.78 is 11.7. The van der Waals surface area contributed by atoms with E-state index in [1.807, 2.05) is 24.3 Å². The Balaban J connectivity index is 1.49. The molecule has 0 spiro atoms. The van der Waals surface area contributed by atoms with E-state index in [1.54, 1.807) is 54.6 Å². The third-order valence-electron chi connectivity index (χ3n) is 4.20. The average molecular weight is 530 g/mol. The second-order valence-electron chi connectivity index (χ2n) is 6.28. The number of halogens is 2. The number of carbonyl (C=O) groups is 2. The predicted molar refractivity (Wildman–Crippen MR) is 123 cm³/mol. The number of ether oxygens (including phenoxy) is 2. The summed E-state index contributed by atoms with van der Waals surface area (Å²) in [6.45, 7) is 0. The van der Waals surface area contributed by atoms with Crippen LogP contribution in [0.15, 0.2) is 83.5 Å². The van der Waals surface area contributed by atoms with Crippen molar-refractivity contribution in [2.75, 3.05) is 0 Å². The van der Waals surface area contributed by atoms with Crippen LogP contribution in [0.5, 0.6) is 5.75 Å². The summed E-state index contributed by atoms with van der Waals surface area (Å²) in [7, 11) is 0. The van der Waals surface area contributed by atoms with Gasteiger partial charge in [0.15, 0.2) is 5.70 Å². The SMILES string of the molecule is O=C1OC(c2ccc(I)cc2)=N/C1=C\c1ccc(OC(=O)c2ccccc2Cl)cc1. The molecule has 1 aliphatic rings. The van der Waals surface area contributed by atoms with Crippen LogP contribution in [0.25, 0.3) is 6.08 Å². The van der Waals surface area contributed by atoms with Gasteiger partial charge in [0.1, 0.15) is 5.75 Å². The van der Waals surface area contributed by atoms with Crippen LogP contribution in [0.1, 0.15) is 21.5 Å². The highest BCUT2D eigenvalue weighted by Gasteiger charge is 2.24. The molecule has 0 saturated carbocycles. The first-order valence-electron chi connectivity index (χ1n) is 8.85. The van der Waals surface area contributed by atoms with E-state index < -0.39 is 11.9 Å². The van der Waals surface area contributed by atoms with Crippen LogP contribution in [0.3, 0.4) is 0 Å². The monoisotopic (exact) mass is 529 g/mol. The van der Waals surface area contributed by atoms with Crippen molar-refractivity contribution in [3.8, 4) is 5.75 Å². The lowest BCUT2D eigenvalue weighted by Gasteiger charge is -2.06. The number of aliphatic imine (C=N–C) groups is 1. The van der Waals surface area contributed by atoms with Gasteiger partial charge in [0.2, 0.25) is 5.90 Å². The number of esters is 2. The normalized spacial score (nSPS) is 14.4. The number of nitrogens with zero attached hydrogens (tertiary/aromatic N) is 1. The molecule has 0 unspecified atom stereocenters. The third-order valence-corrected chi connectivity index (χ3v) is 5.25. The van der Waals surface area contributed by atoms with E-state index in [2.05, 4.69) is 27.6 Å². The van der Waals surface area contributed by atoms with E-state index in [4.69, 9.17) is 21.1 Å². The lowest BCUT2D eigenvalue weighted by molar-refractivity contribution is -0.129. The largest absolute Gasteiger partial charge is 0.423 e. The standard InChI is InChI=1S/C23H13ClINO4/c24-19-4-2-1-3-18(19)22(27)29-17-11-5-14(6-12-17)13-20-23(28)30-21(26-20)15-7-9-16(25)10-8-15/h1-13H/b20-13-. The van der Waals surface area contributed by atoms with Crippen molar-refractivity contribution in [3.63, 3.8) is 0 Å². The zero-order valence-corrected chi connectivity index (χ0v) is 18.3. The van der Waals surface area contributed by atoms with Gasteiger partial charge in [0, 0.05) is 9.13 Å². The Bertz CT molecular complexity index is 1180. The molecule has 0 fully saturated rings. The molecular formula is C23H13ClINO4. The summed E-state index contributed by atoms with van der Waals surface area (Å²) in [5, 5.41) is 0.324. The first-order valence-corrected chi connectivity index (χ1v) is 10.3. The minimum Gasteiger partial charge on any atom is -0.423 e. The summed E-state index contributed by atoms with van der Waals surface area (Å²) in [5.41, 5.74) is 1.93. The van der Waals surface area contributed by atoms with Crippen molar-refractivity contribution in [2.24, 2.45) is 4.99 Å². The van der Waals surface area contributed by atoms with Crippen molar-refractivity contribution in [1.29, 1.82) is 0 Å². The third kappa shape index (κ3) is 4.60. The van der Waals surface area contributed by atoms with Gasteiger partial charge in [-0.3, -0.25) is 0 Å². The molecule has 1 aliphatic heterocycles. The Labute approximate surface area is 191 Å². The van der Waals surface area contributed by atoms with E-state index >= 15 is 0 Å². The zero-order chi connectivity index (χ0) is 21.1. The Morgan fingerprint density at radius 3 is 2.40 bits per heavy atom. The van der Waals surface area contributed by atoms with E-state index in [9.17, 15) is 9.59 Å². The number of hydrogen-bond donors (Lipinski definition) is 0. The van der Waals surface area contributed by atoms with Crippen LogP contribution < -0.4 is 4.74 Å². The highest BCUT2D eigenvalue weighted by Crippen LogP contribution is 2.22. The van der Waals surface area contributed by atoms with Gasteiger partial charge in [0.25, 0.3) is 0 Å².